The Hall–Kier alpha value is -1.14. The van der Waals surface area contributed by atoms with Crippen LogP contribution in [0.3, 0.4) is 0 Å². The molecule has 6 nitrogen and oxygen atoms in total. The van der Waals surface area contributed by atoms with E-state index < -0.39 is 18.1 Å². The van der Waals surface area contributed by atoms with Crippen molar-refractivity contribution in [1.82, 2.24) is 5.32 Å². The Kier molecular flexibility index (Phi) is 6.67. The van der Waals surface area contributed by atoms with Crippen molar-refractivity contribution in [1.29, 1.82) is 0 Å². The van der Waals surface area contributed by atoms with Crippen molar-refractivity contribution in [3.05, 3.63) is 0 Å². The Labute approximate surface area is 94.8 Å². The molecule has 0 aliphatic rings. The van der Waals surface area contributed by atoms with Crippen molar-refractivity contribution in [3.8, 4) is 0 Å². The highest BCUT2D eigenvalue weighted by Gasteiger charge is 2.24. The third-order valence-electron chi connectivity index (χ3n) is 2.33. The minimum Gasteiger partial charge on any atom is -0.480 e. The molecule has 0 aromatic carbocycles. The Balaban J connectivity index is 4.06. The Morgan fingerprint density at radius 2 is 1.94 bits per heavy atom. The lowest BCUT2D eigenvalue weighted by atomic mass is 10.1. The fourth-order valence-electron chi connectivity index (χ4n) is 1.13. The van der Waals surface area contributed by atoms with Gasteiger partial charge in [0.1, 0.15) is 0 Å². The molecule has 0 spiro atoms. The molecule has 0 bridgehead atoms. The van der Waals surface area contributed by atoms with Gasteiger partial charge in [-0.1, -0.05) is 6.92 Å². The lowest BCUT2D eigenvalue weighted by Crippen LogP contribution is -2.47. The summed E-state index contributed by atoms with van der Waals surface area (Å²) in [5.41, 5.74) is 5.39. The topological polar surface area (TPSA) is 113 Å². The number of aliphatic hydroxyl groups excluding tert-OH is 1. The molecule has 1 amide bonds. The van der Waals surface area contributed by atoms with Gasteiger partial charge >= 0.3 is 5.97 Å². The number of carboxylic acid groups (broad SMARTS) is 1. The summed E-state index contributed by atoms with van der Waals surface area (Å²) >= 11 is 0. The summed E-state index contributed by atoms with van der Waals surface area (Å²) in [6.45, 7) is 3.73. The molecular weight excluding hydrogens is 212 g/mol. The van der Waals surface area contributed by atoms with Gasteiger partial charge in [0.05, 0.1) is 6.10 Å². The first-order chi connectivity index (χ1) is 7.38. The van der Waals surface area contributed by atoms with Crippen LogP contribution in [-0.4, -0.2) is 40.8 Å². The molecule has 6 heteroatoms. The van der Waals surface area contributed by atoms with Gasteiger partial charge in [0, 0.05) is 6.42 Å². The number of nitrogens with one attached hydrogen (secondary N) is 1. The number of carboxylic acids is 1. The first kappa shape index (κ1) is 14.9. The zero-order chi connectivity index (χ0) is 12.7. The van der Waals surface area contributed by atoms with Gasteiger partial charge in [-0.05, 0) is 25.8 Å². The molecule has 0 aromatic rings. The molecular formula is C10H20N2O4. The molecule has 0 aliphatic heterocycles. The number of amides is 1. The van der Waals surface area contributed by atoms with E-state index in [0.29, 0.717) is 13.0 Å². The predicted octanol–water partition coefficient (Wildman–Crippen LogP) is -0.688. The summed E-state index contributed by atoms with van der Waals surface area (Å²) in [6, 6.07) is -1.25. The quantitative estimate of drug-likeness (QED) is 0.464. The van der Waals surface area contributed by atoms with Crippen molar-refractivity contribution >= 4 is 11.9 Å². The zero-order valence-corrected chi connectivity index (χ0v) is 9.64. The second kappa shape index (κ2) is 7.19. The van der Waals surface area contributed by atoms with Crippen LogP contribution in [0.1, 0.15) is 26.7 Å². The van der Waals surface area contributed by atoms with E-state index in [1.54, 1.807) is 0 Å². The maximum Gasteiger partial charge on any atom is 0.328 e. The van der Waals surface area contributed by atoms with E-state index in [-0.39, 0.29) is 18.2 Å². The van der Waals surface area contributed by atoms with E-state index in [1.807, 2.05) is 6.92 Å². The highest BCUT2D eigenvalue weighted by atomic mass is 16.4. The second-order valence-corrected chi connectivity index (χ2v) is 4.00. The lowest BCUT2D eigenvalue weighted by Gasteiger charge is -2.17. The van der Waals surface area contributed by atoms with E-state index in [0.717, 1.165) is 0 Å². The number of aliphatic carboxylic acids is 1. The number of carbonyl (C=O) groups excluding carboxylic acids is 1. The molecule has 0 rings (SSSR count). The Morgan fingerprint density at radius 3 is 2.31 bits per heavy atom. The van der Waals surface area contributed by atoms with Gasteiger partial charge in [0.25, 0.3) is 0 Å². The predicted molar refractivity (Wildman–Crippen MR) is 58.7 cm³/mol. The summed E-state index contributed by atoms with van der Waals surface area (Å²) < 4.78 is 0. The molecule has 0 fully saturated rings. The molecule has 0 saturated heterocycles. The highest BCUT2D eigenvalue weighted by molar-refractivity contribution is 5.83. The molecule has 0 radical (unpaired) electrons. The molecule has 0 heterocycles. The summed E-state index contributed by atoms with van der Waals surface area (Å²) in [5.74, 6) is -1.40. The maximum absolute atomic E-state index is 11.4. The van der Waals surface area contributed by atoms with E-state index in [9.17, 15) is 9.59 Å². The van der Waals surface area contributed by atoms with Crippen LogP contribution in [0.25, 0.3) is 0 Å². The summed E-state index contributed by atoms with van der Waals surface area (Å²) in [5, 5.41) is 20.1. The molecule has 0 aliphatic carbocycles. The van der Waals surface area contributed by atoms with Crippen molar-refractivity contribution in [2.45, 2.75) is 38.8 Å². The third-order valence-corrected chi connectivity index (χ3v) is 2.33. The third kappa shape index (κ3) is 5.67. The van der Waals surface area contributed by atoms with Crippen LogP contribution in [0.2, 0.25) is 0 Å². The zero-order valence-electron chi connectivity index (χ0n) is 9.64. The van der Waals surface area contributed by atoms with Gasteiger partial charge in [0.15, 0.2) is 6.04 Å². The van der Waals surface area contributed by atoms with Crippen LogP contribution in [0.5, 0.6) is 0 Å². The fraction of sp³-hybridized carbons (Fsp3) is 0.800. The minimum absolute atomic E-state index is 0.217. The van der Waals surface area contributed by atoms with Gasteiger partial charge in [-0.2, -0.15) is 0 Å². The highest BCUT2D eigenvalue weighted by Crippen LogP contribution is 2.03. The average Bonchev–Trinajstić information content (AvgIpc) is 2.21. The van der Waals surface area contributed by atoms with Crippen LogP contribution in [-0.2, 0) is 9.59 Å². The number of aliphatic hydroxyl groups is 1. The number of hydrogen-bond acceptors (Lipinski definition) is 4. The van der Waals surface area contributed by atoms with Crippen LogP contribution < -0.4 is 11.1 Å². The maximum atomic E-state index is 11.4. The van der Waals surface area contributed by atoms with E-state index >= 15 is 0 Å². The second-order valence-electron chi connectivity index (χ2n) is 4.00. The SMILES string of the molecule is CC(CN)CCC(=O)N[C@H](C(=O)O)[C@@H](C)O. The molecule has 5 N–H and O–H groups in total. The van der Waals surface area contributed by atoms with Gasteiger partial charge in [-0.3, -0.25) is 4.79 Å². The minimum atomic E-state index is -1.25. The van der Waals surface area contributed by atoms with E-state index in [1.165, 1.54) is 6.92 Å². The van der Waals surface area contributed by atoms with Crippen molar-refractivity contribution in [2.24, 2.45) is 11.7 Å². The van der Waals surface area contributed by atoms with Crippen molar-refractivity contribution in [2.75, 3.05) is 6.54 Å². The standard InChI is InChI=1S/C10H20N2O4/c1-6(5-11)3-4-8(14)12-9(7(2)13)10(15)16/h6-7,9,13H,3-5,11H2,1-2H3,(H,12,14)(H,15,16)/t6?,7-,9+/m1/s1. The normalized spacial score (nSPS) is 16.2. The molecule has 1 unspecified atom stereocenters. The van der Waals surface area contributed by atoms with Gasteiger partial charge in [-0.25, -0.2) is 4.79 Å². The van der Waals surface area contributed by atoms with E-state index in [2.05, 4.69) is 5.32 Å². The van der Waals surface area contributed by atoms with Crippen LogP contribution in [0.4, 0.5) is 0 Å². The smallest absolute Gasteiger partial charge is 0.328 e. The number of rotatable bonds is 7. The van der Waals surface area contributed by atoms with Gasteiger partial charge < -0.3 is 21.3 Å². The molecule has 0 aromatic heterocycles. The molecule has 94 valence electrons. The van der Waals surface area contributed by atoms with Crippen LogP contribution >= 0.6 is 0 Å². The van der Waals surface area contributed by atoms with Crippen molar-refractivity contribution in [3.63, 3.8) is 0 Å². The summed E-state index contributed by atoms with van der Waals surface area (Å²) in [6.07, 6.45) is -0.294. The van der Waals surface area contributed by atoms with Crippen LogP contribution in [0, 0.1) is 5.92 Å². The molecule has 16 heavy (non-hydrogen) atoms. The van der Waals surface area contributed by atoms with E-state index in [4.69, 9.17) is 15.9 Å². The first-order valence-electron chi connectivity index (χ1n) is 5.28. The van der Waals surface area contributed by atoms with Gasteiger partial charge in [0.2, 0.25) is 5.91 Å². The lowest BCUT2D eigenvalue weighted by molar-refractivity contribution is -0.144. The number of carbonyl (C=O) groups is 2. The van der Waals surface area contributed by atoms with Crippen LogP contribution in [0.15, 0.2) is 0 Å². The monoisotopic (exact) mass is 232 g/mol. The largest absolute Gasteiger partial charge is 0.480 e. The first-order valence-corrected chi connectivity index (χ1v) is 5.28. The Bertz CT molecular complexity index is 243. The summed E-state index contributed by atoms with van der Waals surface area (Å²) in [7, 11) is 0. The average molecular weight is 232 g/mol. The number of hydrogen-bond donors (Lipinski definition) is 4. The van der Waals surface area contributed by atoms with Gasteiger partial charge in [-0.15, -0.1) is 0 Å². The molecule has 0 saturated carbocycles. The molecule has 3 atom stereocenters. The van der Waals surface area contributed by atoms with Crippen molar-refractivity contribution < 1.29 is 19.8 Å². The fourth-order valence-corrected chi connectivity index (χ4v) is 1.13. The number of nitrogens with two attached hydrogens (primary N) is 1. The summed E-state index contributed by atoms with van der Waals surface area (Å²) in [4.78, 5) is 22.0. The Morgan fingerprint density at radius 1 is 1.38 bits per heavy atom.